The first-order valence-electron chi connectivity index (χ1n) is 12.2. The number of nitrogens with one attached hydrogen (secondary N) is 2. The third-order valence-corrected chi connectivity index (χ3v) is 7.41. The van der Waals surface area contributed by atoms with E-state index in [4.69, 9.17) is 5.73 Å². The average Bonchev–Trinajstić information content (AvgIpc) is 3.53. The van der Waals surface area contributed by atoms with E-state index in [-0.39, 0.29) is 35.1 Å². The predicted molar refractivity (Wildman–Crippen MR) is 128 cm³/mol. The Morgan fingerprint density at radius 3 is 2.69 bits per heavy atom. The Morgan fingerprint density at radius 1 is 1.22 bits per heavy atom. The van der Waals surface area contributed by atoms with Crippen LogP contribution in [0.3, 0.4) is 0 Å². The fraction of sp³-hybridized carbons (Fsp3) is 0.542. The second-order valence-corrected chi connectivity index (χ2v) is 9.92. The van der Waals surface area contributed by atoms with E-state index in [1.54, 1.807) is 4.90 Å². The molecule has 3 heterocycles. The summed E-state index contributed by atoms with van der Waals surface area (Å²) in [5, 5.41) is 5.71. The smallest absolute Gasteiger partial charge is 0.324 e. The molecule has 2 saturated heterocycles. The second-order valence-electron chi connectivity index (χ2n) is 9.92. The molecule has 3 fully saturated rings. The molecular formula is C24H30F3N7O2. The van der Waals surface area contributed by atoms with E-state index in [0.29, 0.717) is 38.6 Å². The van der Waals surface area contributed by atoms with Crippen LogP contribution in [0.4, 0.5) is 23.8 Å². The van der Waals surface area contributed by atoms with Crippen LogP contribution in [0.2, 0.25) is 0 Å². The van der Waals surface area contributed by atoms with Crippen LogP contribution < -0.4 is 22.1 Å². The first-order valence-corrected chi connectivity index (χ1v) is 12.2. The molecule has 0 spiro atoms. The molecule has 4 N–H and O–H groups in total. The molecular weight excluding hydrogens is 475 g/mol. The van der Waals surface area contributed by atoms with Gasteiger partial charge < -0.3 is 20.9 Å². The van der Waals surface area contributed by atoms with Gasteiger partial charge in [0.05, 0.1) is 11.3 Å². The summed E-state index contributed by atoms with van der Waals surface area (Å²) in [6, 6.07) is 4.91. The number of aromatic nitrogens is 2. The second kappa shape index (κ2) is 9.49. The maximum absolute atomic E-state index is 13.9. The minimum absolute atomic E-state index is 0.0459. The number of carbonyl (C=O) groups excluding carboxylic acids is 1. The zero-order valence-corrected chi connectivity index (χ0v) is 19.9. The lowest BCUT2D eigenvalue weighted by Gasteiger charge is -2.30. The Morgan fingerprint density at radius 2 is 2.00 bits per heavy atom. The van der Waals surface area contributed by atoms with Gasteiger partial charge in [-0.3, -0.25) is 9.88 Å². The number of halogens is 3. The number of hydrogen-bond acceptors (Lipinski definition) is 6. The first-order chi connectivity index (χ1) is 17.1. The molecule has 1 aromatic carbocycles. The summed E-state index contributed by atoms with van der Waals surface area (Å²) < 4.78 is 42.8. The Balaban J connectivity index is 1.31. The number of nitrogens with two attached hydrogens (primary N) is 1. The number of likely N-dealkylation sites (tertiary alicyclic amines) is 1. The van der Waals surface area contributed by atoms with Crippen LogP contribution in [0.25, 0.3) is 5.69 Å². The van der Waals surface area contributed by atoms with E-state index in [1.165, 1.54) is 24.4 Å². The summed E-state index contributed by atoms with van der Waals surface area (Å²) in [4.78, 5) is 32.5. The maximum Gasteiger partial charge on any atom is 0.416 e. The van der Waals surface area contributed by atoms with Crippen molar-refractivity contribution in [1.29, 1.82) is 0 Å². The number of rotatable bonds is 5. The monoisotopic (exact) mass is 505 g/mol. The van der Waals surface area contributed by atoms with Crippen molar-refractivity contribution in [3.05, 3.63) is 52.1 Å². The molecule has 2 unspecified atom stereocenters. The van der Waals surface area contributed by atoms with Crippen LogP contribution in [-0.2, 0) is 12.6 Å². The molecule has 2 amide bonds. The fourth-order valence-electron chi connectivity index (χ4n) is 5.21. The van der Waals surface area contributed by atoms with Crippen molar-refractivity contribution < 1.29 is 18.0 Å². The molecule has 2 atom stereocenters. The van der Waals surface area contributed by atoms with E-state index in [0.717, 1.165) is 36.6 Å². The highest BCUT2D eigenvalue weighted by atomic mass is 19.4. The third kappa shape index (κ3) is 5.25. The van der Waals surface area contributed by atoms with Crippen LogP contribution in [-0.4, -0.2) is 76.7 Å². The van der Waals surface area contributed by atoms with Crippen molar-refractivity contribution in [2.24, 2.45) is 11.7 Å². The zero-order valence-electron chi connectivity index (χ0n) is 19.9. The summed E-state index contributed by atoms with van der Waals surface area (Å²) >= 11 is 0. The van der Waals surface area contributed by atoms with Crippen molar-refractivity contribution in [3.8, 4) is 5.69 Å². The van der Waals surface area contributed by atoms with Gasteiger partial charge in [0, 0.05) is 51.0 Å². The molecule has 1 aromatic heterocycles. The highest BCUT2D eigenvalue weighted by Crippen LogP contribution is 2.47. The molecule has 1 aliphatic carbocycles. The summed E-state index contributed by atoms with van der Waals surface area (Å²) in [5.41, 5.74) is 4.81. The number of piperidine rings is 1. The summed E-state index contributed by atoms with van der Waals surface area (Å²) in [6.07, 6.45) is -1.04. The van der Waals surface area contributed by atoms with Gasteiger partial charge in [0.15, 0.2) is 0 Å². The number of hydrogen-bond donors (Lipinski definition) is 3. The molecule has 36 heavy (non-hydrogen) atoms. The molecule has 194 valence electrons. The molecule has 2 aliphatic heterocycles. The minimum atomic E-state index is -4.57. The predicted octanol–water partition coefficient (Wildman–Crippen LogP) is 1.65. The first kappa shape index (κ1) is 24.7. The maximum atomic E-state index is 13.9. The van der Waals surface area contributed by atoms with Gasteiger partial charge in [0.1, 0.15) is 5.82 Å². The number of anilines is 1. The van der Waals surface area contributed by atoms with E-state index in [1.807, 2.05) is 0 Å². The van der Waals surface area contributed by atoms with Gasteiger partial charge in [-0.2, -0.15) is 18.2 Å². The number of alkyl halides is 3. The number of nitrogens with zero attached hydrogens (tertiary/aromatic N) is 4. The van der Waals surface area contributed by atoms with Crippen molar-refractivity contribution in [3.63, 3.8) is 0 Å². The highest BCUT2D eigenvalue weighted by molar-refractivity contribution is 5.88. The molecule has 2 aromatic rings. The molecule has 12 heteroatoms. The fourth-order valence-corrected chi connectivity index (χ4v) is 5.21. The van der Waals surface area contributed by atoms with Gasteiger partial charge in [-0.25, -0.2) is 9.59 Å². The van der Waals surface area contributed by atoms with E-state index >= 15 is 0 Å². The number of carbonyl (C=O) groups is 1. The van der Waals surface area contributed by atoms with E-state index < -0.39 is 17.4 Å². The van der Waals surface area contributed by atoms with Crippen molar-refractivity contribution >= 4 is 11.8 Å². The summed E-state index contributed by atoms with van der Waals surface area (Å²) in [5.74, 6) is 0.594. The standard InChI is InChI=1S/C24H30F3N7O2/c25-24(26,27)19-13-18(2-1-16(19)3-8-32-9-4-17-14-23(17,28)15-32)34-10-5-20(31-22(34)36)30-21(35)33-11-6-29-7-12-33/h1-2,5,10,13,17,29H,3-4,6-9,11-12,14-15,28H2,(H,30,31,35,36). The normalized spacial score (nSPS) is 24.3. The number of benzene rings is 1. The SMILES string of the molecule is NC12CC1CCN(CCc1ccc(-n3ccc(NC(=O)N4CCNCC4)nc3=O)cc1C(F)(F)F)C2. The van der Waals surface area contributed by atoms with E-state index in [2.05, 4.69) is 20.5 Å². The summed E-state index contributed by atoms with van der Waals surface area (Å²) in [7, 11) is 0. The lowest BCUT2D eigenvalue weighted by Crippen LogP contribution is -2.48. The summed E-state index contributed by atoms with van der Waals surface area (Å²) in [6.45, 7) is 4.47. The van der Waals surface area contributed by atoms with Gasteiger partial charge in [-0.1, -0.05) is 6.07 Å². The van der Waals surface area contributed by atoms with Crippen molar-refractivity contribution in [2.45, 2.75) is 31.0 Å². The van der Waals surface area contributed by atoms with Crippen LogP contribution in [0, 0.1) is 5.92 Å². The molecule has 3 aliphatic rings. The molecule has 5 rings (SSSR count). The Kier molecular flexibility index (Phi) is 6.52. The number of urea groups is 1. The van der Waals surface area contributed by atoms with Crippen LogP contribution in [0.1, 0.15) is 24.0 Å². The Labute approximate surface area is 206 Å². The van der Waals surface area contributed by atoms with Crippen LogP contribution in [0.5, 0.6) is 0 Å². The molecule has 0 bridgehead atoms. The Bertz CT molecular complexity index is 1190. The number of fused-ring (bicyclic) bond motifs is 1. The average molecular weight is 506 g/mol. The van der Waals surface area contributed by atoms with Crippen molar-refractivity contribution in [2.75, 3.05) is 51.1 Å². The van der Waals surface area contributed by atoms with Crippen molar-refractivity contribution in [1.82, 2.24) is 24.7 Å². The molecule has 1 saturated carbocycles. The topological polar surface area (TPSA) is 109 Å². The largest absolute Gasteiger partial charge is 0.416 e. The highest BCUT2D eigenvalue weighted by Gasteiger charge is 2.53. The molecule has 9 nitrogen and oxygen atoms in total. The van der Waals surface area contributed by atoms with Gasteiger partial charge in [-0.15, -0.1) is 0 Å². The van der Waals surface area contributed by atoms with Gasteiger partial charge >= 0.3 is 17.9 Å². The van der Waals surface area contributed by atoms with Crippen LogP contribution >= 0.6 is 0 Å². The van der Waals surface area contributed by atoms with Gasteiger partial charge in [-0.05, 0) is 55.5 Å². The van der Waals surface area contributed by atoms with Gasteiger partial charge in [0.2, 0.25) is 0 Å². The number of amides is 2. The minimum Gasteiger partial charge on any atom is -0.324 e. The lowest BCUT2D eigenvalue weighted by molar-refractivity contribution is -0.138. The van der Waals surface area contributed by atoms with Gasteiger partial charge in [0.25, 0.3) is 0 Å². The quantitative estimate of drug-likeness (QED) is 0.571. The zero-order chi connectivity index (χ0) is 25.5. The van der Waals surface area contributed by atoms with E-state index in [9.17, 15) is 22.8 Å². The van der Waals surface area contributed by atoms with Crippen LogP contribution in [0.15, 0.2) is 35.3 Å². The number of piperazine rings is 1. The lowest BCUT2D eigenvalue weighted by atomic mass is 10.0. The molecule has 0 radical (unpaired) electrons. The Hall–Kier alpha value is -2.96. The third-order valence-electron chi connectivity index (χ3n) is 7.41.